The van der Waals surface area contributed by atoms with E-state index in [2.05, 4.69) is 5.10 Å². The number of phenolic OH excluding ortho intramolecular Hbond substituents is 1. The van der Waals surface area contributed by atoms with Crippen LogP contribution in [-0.4, -0.2) is 70.0 Å². The van der Waals surface area contributed by atoms with Crippen LogP contribution in [0.2, 0.25) is 0 Å². The van der Waals surface area contributed by atoms with E-state index in [1.165, 1.54) is 48.2 Å². The van der Waals surface area contributed by atoms with Gasteiger partial charge < -0.3 is 29.2 Å². The predicted octanol–water partition coefficient (Wildman–Crippen LogP) is 5.12. The first kappa shape index (κ1) is 40.1. The minimum atomic E-state index is -3.90. The largest absolute Gasteiger partial charge is 0.508 e. The van der Waals surface area contributed by atoms with Gasteiger partial charge in [-0.15, -0.1) is 0 Å². The number of halogens is 3. The van der Waals surface area contributed by atoms with Crippen LogP contribution in [0.1, 0.15) is 47.7 Å². The molecule has 0 radical (unpaired) electrons. The molecule has 0 saturated carbocycles. The average molecular weight is 819 g/mol. The third-order valence-corrected chi connectivity index (χ3v) is 11.0. The Morgan fingerprint density at radius 2 is 1.76 bits per heavy atom. The Morgan fingerprint density at radius 1 is 1.03 bits per heavy atom. The van der Waals surface area contributed by atoms with Gasteiger partial charge in [0, 0.05) is 34.2 Å². The number of carbonyl (C=O) groups is 1. The molecule has 2 aliphatic rings. The number of benzene rings is 3. The van der Waals surface area contributed by atoms with Crippen LogP contribution in [0.3, 0.4) is 0 Å². The van der Waals surface area contributed by atoms with Gasteiger partial charge in [0.25, 0.3) is 12.0 Å². The van der Waals surface area contributed by atoms with Crippen LogP contribution < -0.4 is 15.4 Å². The van der Waals surface area contributed by atoms with Gasteiger partial charge in [0.1, 0.15) is 18.1 Å². The Kier molecular flexibility index (Phi) is 10.4. The molecule has 8 rings (SSSR count). The van der Waals surface area contributed by atoms with Crippen LogP contribution in [0.5, 0.6) is 11.5 Å². The molecule has 1 atom stereocenters. The fourth-order valence-corrected chi connectivity index (χ4v) is 7.61. The van der Waals surface area contributed by atoms with E-state index in [9.17, 15) is 41.4 Å². The number of nitrogens with two attached hydrogens (primary N) is 1. The number of aromatic nitrogens is 4. The molecule has 2 aliphatic heterocycles. The lowest BCUT2D eigenvalue weighted by Gasteiger charge is -2.31. The fraction of sp³-hybridized carbons (Fsp3) is 0.250. The normalized spacial score (nSPS) is 15.8. The lowest BCUT2D eigenvalue weighted by molar-refractivity contribution is -0.172. The number of hydrogen-bond acceptors (Lipinski definition) is 11. The minimum absolute atomic E-state index is 0.0106. The number of fused-ring (bicyclic) bond motifs is 5. The molecule has 18 heteroatoms. The summed E-state index contributed by atoms with van der Waals surface area (Å²) in [6, 6.07) is 17.4. The van der Waals surface area contributed by atoms with Gasteiger partial charge in [-0.2, -0.15) is 5.10 Å². The highest BCUT2D eigenvalue weighted by Gasteiger charge is 2.45. The van der Waals surface area contributed by atoms with E-state index in [0.29, 0.717) is 52.4 Å². The summed E-state index contributed by atoms with van der Waals surface area (Å²) < 4.78 is 75.8. The summed E-state index contributed by atoms with van der Waals surface area (Å²) >= 11 is 0. The Morgan fingerprint density at radius 3 is 2.38 bits per heavy atom. The monoisotopic (exact) mass is 818 g/mol. The number of cyclic esters (lactones) is 1. The van der Waals surface area contributed by atoms with Crippen molar-refractivity contribution in [1.82, 2.24) is 24.2 Å². The van der Waals surface area contributed by atoms with Crippen molar-refractivity contribution < 1.29 is 46.1 Å². The van der Waals surface area contributed by atoms with Gasteiger partial charge in [-0.05, 0) is 93.3 Å². The number of pyridine rings is 2. The number of carbonyl (C=O) groups excluding carboxylic acids is 1. The van der Waals surface area contributed by atoms with Crippen LogP contribution in [0.25, 0.3) is 39.2 Å². The topological polar surface area (TPSA) is 192 Å². The number of alkyl halides is 2. The summed E-state index contributed by atoms with van der Waals surface area (Å²) in [6.45, 7) is 2.41. The summed E-state index contributed by atoms with van der Waals surface area (Å²) in [5.74, 6) is -1.18. The zero-order valence-electron chi connectivity index (χ0n) is 31.5. The van der Waals surface area contributed by atoms with Crippen molar-refractivity contribution in [1.29, 1.82) is 0 Å². The first-order valence-electron chi connectivity index (χ1n) is 17.8. The Bertz CT molecular complexity index is 2790. The van der Waals surface area contributed by atoms with E-state index in [1.807, 2.05) is 25.1 Å². The van der Waals surface area contributed by atoms with E-state index in [-0.39, 0.29) is 40.7 Å². The summed E-state index contributed by atoms with van der Waals surface area (Å²) in [5, 5.41) is 31.1. The number of hydrogen-bond donors (Lipinski definition) is 3. The molecule has 14 nitrogen and oxygen atoms in total. The van der Waals surface area contributed by atoms with Crippen molar-refractivity contribution in [3.8, 4) is 39.8 Å². The molecule has 4 N–H and O–H groups in total. The van der Waals surface area contributed by atoms with Crippen LogP contribution in [0.4, 0.5) is 13.2 Å². The standard InChI is InChI=1S/C23H23N3O5.C17H14F3N3O3S/c1-4-23(30)16-8-18-20-12(9-26(18)21(28)15(16)11-31-22(23)29)7-13-14(10-25(2)3)19(27)6-5-17(13)24-20;1-26-16-7-2-10(8-13(16)18)15-9-14(17(19)20)22-23(15)11-3-5-12(6-4-11)27(21,24)25/h5-8,27,30H,4,9-11H2,1-3H3;2-9,17H,1H3,(H2,21,24,25)/t23-;/m0./s1. The van der Waals surface area contributed by atoms with E-state index in [0.717, 1.165) is 28.6 Å². The number of primary sulfonamides is 1. The number of aliphatic hydroxyl groups is 1. The lowest BCUT2D eigenvalue weighted by atomic mass is 9.86. The number of sulfonamides is 1. The molecular weight excluding hydrogens is 782 g/mol. The number of esters is 1. The third kappa shape index (κ3) is 7.08. The summed E-state index contributed by atoms with van der Waals surface area (Å²) in [7, 11) is 1.27. The van der Waals surface area contributed by atoms with Crippen molar-refractivity contribution in [2.45, 2.75) is 50.0 Å². The van der Waals surface area contributed by atoms with Crippen LogP contribution in [0, 0.1) is 5.82 Å². The maximum atomic E-state index is 14.0. The first-order valence-corrected chi connectivity index (χ1v) is 19.3. The molecule has 0 spiro atoms. The van der Waals surface area contributed by atoms with Crippen molar-refractivity contribution in [2.24, 2.45) is 5.14 Å². The Balaban J connectivity index is 0.000000179. The summed E-state index contributed by atoms with van der Waals surface area (Å²) in [4.78, 5) is 32.1. The SMILES string of the molecule is CC[C@@]1(O)C(=O)OCc2c1cc1n(c2=O)Cc2cc3c(CN(C)C)c(O)ccc3nc2-1.COc1ccc(-c2cc(C(F)F)nn2-c2ccc(S(N)(=O)=O)cc2)cc1F. The number of methoxy groups -OCH3 is 1. The fourth-order valence-electron chi connectivity index (χ4n) is 7.09. The molecule has 58 heavy (non-hydrogen) atoms. The highest BCUT2D eigenvalue weighted by atomic mass is 32.2. The molecule has 302 valence electrons. The number of nitrogens with zero attached hydrogens (tertiary/aromatic N) is 5. The van der Waals surface area contributed by atoms with Gasteiger partial charge in [-0.1, -0.05) is 6.92 Å². The Hall–Kier alpha value is -6.08. The van der Waals surface area contributed by atoms with E-state index in [4.69, 9.17) is 19.6 Å². The predicted molar refractivity (Wildman–Crippen MR) is 205 cm³/mol. The zero-order valence-corrected chi connectivity index (χ0v) is 32.3. The van der Waals surface area contributed by atoms with Gasteiger partial charge in [-0.25, -0.2) is 41.2 Å². The second kappa shape index (κ2) is 15.0. The second-order valence-corrected chi connectivity index (χ2v) is 15.6. The van der Waals surface area contributed by atoms with Crippen LogP contribution in [-0.2, 0) is 44.9 Å². The van der Waals surface area contributed by atoms with Crippen molar-refractivity contribution in [3.05, 3.63) is 117 Å². The molecule has 0 unspecified atom stereocenters. The average Bonchev–Trinajstić information content (AvgIpc) is 3.80. The van der Waals surface area contributed by atoms with Gasteiger partial charge in [-0.3, -0.25) is 4.79 Å². The van der Waals surface area contributed by atoms with Crippen LogP contribution in [0.15, 0.2) is 82.5 Å². The van der Waals surface area contributed by atoms with Crippen molar-refractivity contribution in [2.75, 3.05) is 21.2 Å². The quantitative estimate of drug-likeness (QED) is 0.173. The lowest BCUT2D eigenvalue weighted by Crippen LogP contribution is -2.44. The molecule has 0 fully saturated rings. The molecule has 6 aromatic rings. The van der Waals surface area contributed by atoms with Crippen molar-refractivity contribution in [3.63, 3.8) is 0 Å². The van der Waals surface area contributed by atoms with Gasteiger partial charge in [0.15, 0.2) is 17.2 Å². The number of ether oxygens (including phenoxy) is 2. The molecule has 3 aromatic carbocycles. The number of aromatic hydroxyl groups is 1. The van der Waals surface area contributed by atoms with Gasteiger partial charge >= 0.3 is 5.97 Å². The molecule has 0 aliphatic carbocycles. The maximum Gasteiger partial charge on any atom is 0.343 e. The van der Waals surface area contributed by atoms with Gasteiger partial charge in [0.2, 0.25) is 10.0 Å². The summed E-state index contributed by atoms with van der Waals surface area (Å²) in [5.41, 5.74) is 2.33. The van der Waals surface area contributed by atoms with Crippen LogP contribution >= 0.6 is 0 Å². The molecule has 0 saturated heterocycles. The van der Waals surface area contributed by atoms with Gasteiger partial charge in [0.05, 0.1) is 52.4 Å². The highest BCUT2D eigenvalue weighted by Crippen LogP contribution is 2.40. The second-order valence-electron chi connectivity index (χ2n) is 14.0. The van der Waals surface area contributed by atoms with E-state index in [1.54, 1.807) is 29.7 Å². The number of rotatable bonds is 8. The Labute approximate surface area is 329 Å². The smallest absolute Gasteiger partial charge is 0.343 e. The zero-order chi connectivity index (χ0) is 41.8. The maximum absolute atomic E-state index is 14.0. The molecule has 0 bridgehead atoms. The minimum Gasteiger partial charge on any atom is -0.508 e. The highest BCUT2D eigenvalue weighted by molar-refractivity contribution is 7.89. The molecule has 5 heterocycles. The third-order valence-electron chi connectivity index (χ3n) is 10.1. The molecular formula is C40H37F3N6O8S. The molecule has 3 aromatic heterocycles. The first-order chi connectivity index (χ1) is 27.4. The van der Waals surface area contributed by atoms with E-state index < -0.39 is 39.5 Å². The van der Waals surface area contributed by atoms with Crippen molar-refractivity contribution >= 4 is 26.9 Å². The summed E-state index contributed by atoms with van der Waals surface area (Å²) in [6.07, 6.45) is -2.73. The van der Waals surface area contributed by atoms with E-state index >= 15 is 0 Å². The molecule has 0 amide bonds. The number of phenols is 1.